The van der Waals surface area contributed by atoms with Crippen LogP contribution in [0.2, 0.25) is 0 Å². The van der Waals surface area contributed by atoms with Crippen molar-refractivity contribution >= 4 is 16.8 Å². The highest BCUT2D eigenvalue weighted by Crippen LogP contribution is 2.29. The number of nitrogens with one attached hydrogen (secondary N) is 1. The average molecular weight is 376 g/mol. The van der Waals surface area contributed by atoms with E-state index in [2.05, 4.69) is 15.6 Å². The van der Waals surface area contributed by atoms with Gasteiger partial charge in [0, 0.05) is 13.0 Å². The Morgan fingerprint density at radius 1 is 1.11 bits per heavy atom. The molecule has 9 heteroatoms. The first-order valence-corrected chi connectivity index (χ1v) is 8.10. The number of nitrogens with zero attached hydrogens (tertiary/aromatic N) is 3. The zero-order valence-electron chi connectivity index (χ0n) is 14.0. The van der Waals surface area contributed by atoms with Crippen LogP contribution in [0, 0.1) is 0 Å². The van der Waals surface area contributed by atoms with Gasteiger partial charge in [-0.25, -0.2) is 4.68 Å². The van der Waals surface area contributed by atoms with Gasteiger partial charge in [-0.1, -0.05) is 29.5 Å². The molecule has 0 saturated heterocycles. The average Bonchev–Trinajstić information content (AvgIpc) is 2.65. The van der Waals surface area contributed by atoms with Crippen molar-refractivity contribution in [2.24, 2.45) is 0 Å². The van der Waals surface area contributed by atoms with Crippen LogP contribution in [0.4, 0.5) is 13.2 Å². The lowest BCUT2D eigenvalue weighted by Gasteiger charge is -2.10. The Morgan fingerprint density at radius 2 is 1.89 bits per heavy atom. The predicted molar refractivity (Wildman–Crippen MR) is 91.7 cm³/mol. The Labute approximate surface area is 151 Å². The van der Waals surface area contributed by atoms with Crippen molar-refractivity contribution in [3.8, 4) is 0 Å². The van der Waals surface area contributed by atoms with E-state index in [1.165, 1.54) is 12.1 Å². The fourth-order valence-corrected chi connectivity index (χ4v) is 2.52. The zero-order valence-corrected chi connectivity index (χ0v) is 14.0. The number of amides is 1. The molecule has 27 heavy (non-hydrogen) atoms. The largest absolute Gasteiger partial charge is 0.416 e. The maximum atomic E-state index is 12.7. The maximum Gasteiger partial charge on any atom is 0.416 e. The molecule has 1 aromatic heterocycles. The third-order valence-electron chi connectivity index (χ3n) is 3.92. The van der Waals surface area contributed by atoms with Gasteiger partial charge in [-0.15, -0.1) is 5.10 Å². The Kier molecular flexibility index (Phi) is 5.20. The topological polar surface area (TPSA) is 76.9 Å². The lowest BCUT2D eigenvalue weighted by molar-refractivity contribution is -0.137. The summed E-state index contributed by atoms with van der Waals surface area (Å²) < 4.78 is 39.2. The normalized spacial score (nSPS) is 11.5. The van der Waals surface area contributed by atoms with Crippen molar-refractivity contribution in [1.29, 1.82) is 0 Å². The van der Waals surface area contributed by atoms with Gasteiger partial charge in [0.1, 0.15) is 5.52 Å². The fourth-order valence-electron chi connectivity index (χ4n) is 2.52. The van der Waals surface area contributed by atoms with Crippen LogP contribution in [0.1, 0.15) is 17.5 Å². The first kappa shape index (κ1) is 18.6. The van der Waals surface area contributed by atoms with Gasteiger partial charge in [0.2, 0.25) is 5.91 Å². The van der Waals surface area contributed by atoms with E-state index in [1.54, 1.807) is 24.3 Å². The zero-order chi connectivity index (χ0) is 19.4. The summed E-state index contributed by atoms with van der Waals surface area (Å²) >= 11 is 0. The molecule has 0 saturated carbocycles. The van der Waals surface area contributed by atoms with Crippen LogP contribution in [0.3, 0.4) is 0 Å². The first-order valence-electron chi connectivity index (χ1n) is 8.10. The summed E-state index contributed by atoms with van der Waals surface area (Å²) in [5.41, 5.74) is -0.327. The van der Waals surface area contributed by atoms with E-state index in [4.69, 9.17) is 0 Å². The number of halogens is 3. The lowest BCUT2D eigenvalue weighted by Crippen LogP contribution is -2.29. The number of hydrogen-bond donors (Lipinski definition) is 1. The summed E-state index contributed by atoms with van der Waals surface area (Å²) in [4.78, 5) is 24.2. The van der Waals surface area contributed by atoms with Crippen LogP contribution in [-0.4, -0.2) is 20.9 Å². The molecule has 0 spiro atoms. The number of fused-ring (bicyclic) bond motifs is 1. The number of rotatable bonds is 5. The minimum Gasteiger partial charge on any atom is -0.352 e. The van der Waals surface area contributed by atoms with Crippen molar-refractivity contribution in [3.63, 3.8) is 0 Å². The number of aryl methyl sites for hydroxylation is 1. The molecule has 1 amide bonds. The van der Waals surface area contributed by atoms with E-state index in [9.17, 15) is 22.8 Å². The van der Waals surface area contributed by atoms with Crippen molar-refractivity contribution < 1.29 is 18.0 Å². The minimum atomic E-state index is -4.43. The molecule has 3 rings (SSSR count). The molecule has 1 heterocycles. The van der Waals surface area contributed by atoms with Crippen LogP contribution in [0.5, 0.6) is 0 Å². The summed E-state index contributed by atoms with van der Waals surface area (Å²) in [6.07, 6.45) is -4.48. The third-order valence-corrected chi connectivity index (χ3v) is 3.92. The smallest absolute Gasteiger partial charge is 0.352 e. The number of benzene rings is 2. The second-order valence-electron chi connectivity index (χ2n) is 5.86. The first-order chi connectivity index (χ1) is 12.8. The van der Waals surface area contributed by atoms with E-state index in [0.29, 0.717) is 16.5 Å². The van der Waals surface area contributed by atoms with E-state index in [-0.39, 0.29) is 25.1 Å². The van der Waals surface area contributed by atoms with E-state index in [1.807, 2.05) is 0 Å². The highest BCUT2D eigenvalue weighted by Gasteiger charge is 2.30. The Morgan fingerprint density at radius 3 is 2.67 bits per heavy atom. The van der Waals surface area contributed by atoms with E-state index >= 15 is 0 Å². The van der Waals surface area contributed by atoms with E-state index in [0.717, 1.165) is 16.8 Å². The van der Waals surface area contributed by atoms with Gasteiger partial charge < -0.3 is 5.32 Å². The summed E-state index contributed by atoms with van der Waals surface area (Å²) in [5.74, 6) is -0.408. The Balaban J connectivity index is 1.59. The third kappa shape index (κ3) is 4.49. The van der Waals surface area contributed by atoms with Crippen LogP contribution >= 0.6 is 0 Å². The summed E-state index contributed by atoms with van der Waals surface area (Å²) in [6, 6.07) is 11.5. The molecule has 0 aliphatic carbocycles. The van der Waals surface area contributed by atoms with Gasteiger partial charge in [-0.3, -0.25) is 9.59 Å². The summed E-state index contributed by atoms with van der Waals surface area (Å²) in [7, 11) is 0. The Hall–Kier alpha value is -3.23. The molecule has 0 unspecified atom stereocenters. The minimum absolute atomic E-state index is 0.0189. The highest BCUT2D eigenvalue weighted by atomic mass is 19.4. The van der Waals surface area contributed by atoms with Gasteiger partial charge in [-0.05, 0) is 29.8 Å². The fraction of sp³-hybridized carbons (Fsp3) is 0.222. The van der Waals surface area contributed by atoms with Crippen LogP contribution in [0.25, 0.3) is 10.9 Å². The molecule has 6 nitrogen and oxygen atoms in total. The lowest BCUT2D eigenvalue weighted by atomic mass is 10.1. The Bertz CT molecular complexity index is 1030. The van der Waals surface area contributed by atoms with Crippen molar-refractivity contribution in [2.75, 3.05) is 0 Å². The van der Waals surface area contributed by atoms with Gasteiger partial charge in [0.05, 0.1) is 17.5 Å². The molecule has 0 aliphatic heterocycles. The molecule has 0 aliphatic rings. The number of carbonyl (C=O) groups excluding carboxylic acids is 1. The second-order valence-corrected chi connectivity index (χ2v) is 5.86. The summed E-state index contributed by atoms with van der Waals surface area (Å²) in [6.45, 7) is -0.0217. The van der Waals surface area contributed by atoms with Crippen molar-refractivity contribution in [3.05, 3.63) is 70.0 Å². The van der Waals surface area contributed by atoms with Gasteiger partial charge >= 0.3 is 6.18 Å². The van der Waals surface area contributed by atoms with Gasteiger partial charge in [-0.2, -0.15) is 13.2 Å². The SMILES string of the molecule is O=C(CCn1nnc2ccccc2c1=O)NCc1cccc(C(F)(F)F)c1. The van der Waals surface area contributed by atoms with Crippen LogP contribution < -0.4 is 10.9 Å². The maximum absolute atomic E-state index is 12.7. The molecule has 0 radical (unpaired) electrons. The number of hydrogen-bond acceptors (Lipinski definition) is 4. The van der Waals surface area contributed by atoms with Crippen LogP contribution in [-0.2, 0) is 24.1 Å². The molecule has 2 aromatic carbocycles. The highest BCUT2D eigenvalue weighted by molar-refractivity contribution is 5.77. The monoisotopic (exact) mass is 376 g/mol. The van der Waals surface area contributed by atoms with Gasteiger partial charge in [0.15, 0.2) is 0 Å². The molecular weight excluding hydrogens is 361 g/mol. The second kappa shape index (κ2) is 7.56. The number of carbonyl (C=O) groups is 1. The molecule has 0 atom stereocenters. The number of alkyl halides is 3. The van der Waals surface area contributed by atoms with Crippen molar-refractivity contribution in [1.82, 2.24) is 20.3 Å². The van der Waals surface area contributed by atoms with Crippen LogP contribution in [0.15, 0.2) is 53.3 Å². The molecule has 3 aromatic rings. The number of aromatic nitrogens is 3. The molecule has 1 N–H and O–H groups in total. The molecule has 140 valence electrons. The molecule has 0 fully saturated rings. The molecule has 0 bridgehead atoms. The van der Waals surface area contributed by atoms with Gasteiger partial charge in [0.25, 0.3) is 5.56 Å². The predicted octanol–water partition coefficient (Wildman–Crippen LogP) is 2.52. The standard InChI is InChI=1S/C18H15F3N4O2/c19-18(20,21)13-5-3-4-12(10-13)11-22-16(26)8-9-25-17(27)14-6-1-2-7-15(14)23-24-25/h1-7,10H,8-9,11H2,(H,22,26). The van der Waals surface area contributed by atoms with E-state index < -0.39 is 17.6 Å². The van der Waals surface area contributed by atoms with Crippen molar-refractivity contribution in [2.45, 2.75) is 25.7 Å². The quantitative estimate of drug-likeness (QED) is 0.742. The summed E-state index contributed by atoms with van der Waals surface area (Å²) in [5, 5.41) is 10.6. The molecular formula is C18H15F3N4O2.